The van der Waals surface area contributed by atoms with Gasteiger partial charge in [-0.1, -0.05) is 24.6 Å². The molecule has 2 aromatic heterocycles. The van der Waals surface area contributed by atoms with Crippen molar-refractivity contribution in [3.05, 3.63) is 10.9 Å². The lowest BCUT2D eigenvalue weighted by molar-refractivity contribution is 0.886. The van der Waals surface area contributed by atoms with Gasteiger partial charge in [-0.15, -0.1) is 11.3 Å². The van der Waals surface area contributed by atoms with Gasteiger partial charge in [0.25, 0.3) is 0 Å². The molecule has 2 heterocycles. The second-order valence-electron chi connectivity index (χ2n) is 4.51. The van der Waals surface area contributed by atoms with Crippen LogP contribution in [0.3, 0.4) is 0 Å². The highest BCUT2D eigenvalue weighted by atomic mass is 32.2. The first kappa shape index (κ1) is 11.3. The SMILES string of the molecule is Cc1csc2nc(SC3CCCC3)nc(N)c12. The lowest BCUT2D eigenvalue weighted by Crippen LogP contribution is -2.00. The van der Waals surface area contributed by atoms with Gasteiger partial charge in [0.1, 0.15) is 10.6 Å². The van der Waals surface area contributed by atoms with Crippen LogP contribution in [-0.4, -0.2) is 15.2 Å². The number of thioether (sulfide) groups is 1. The number of nitrogens with zero attached hydrogens (tertiary/aromatic N) is 2. The zero-order chi connectivity index (χ0) is 11.8. The second kappa shape index (κ2) is 4.46. The van der Waals surface area contributed by atoms with Gasteiger partial charge in [0.05, 0.1) is 5.39 Å². The Morgan fingerprint density at radius 1 is 1.35 bits per heavy atom. The predicted octanol–water partition coefficient (Wildman–Crippen LogP) is 3.62. The standard InChI is InChI=1S/C12H15N3S2/c1-7-6-16-11-9(7)10(13)14-12(15-11)17-8-4-2-3-5-8/h6,8H,2-5H2,1H3,(H2,13,14,15). The molecular weight excluding hydrogens is 250 g/mol. The Labute approximate surface area is 109 Å². The summed E-state index contributed by atoms with van der Waals surface area (Å²) in [6, 6.07) is 0. The van der Waals surface area contributed by atoms with Gasteiger partial charge >= 0.3 is 0 Å². The van der Waals surface area contributed by atoms with Gasteiger partial charge in [0.15, 0.2) is 5.16 Å². The summed E-state index contributed by atoms with van der Waals surface area (Å²) in [4.78, 5) is 10.1. The van der Waals surface area contributed by atoms with Crippen LogP contribution in [0.25, 0.3) is 10.2 Å². The van der Waals surface area contributed by atoms with E-state index in [1.807, 2.05) is 0 Å². The van der Waals surface area contributed by atoms with Crippen LogP contribution in [-0.2, 0) is 0 Å². The van der Waals surface area contributed by atoms with Crippen molar-refractivity contribution in [2.45, 2.75) is 43.0 Å². The molecule has 0 amide bonds. The fraction of sp³-hybridized carbons (Fsp3) is 0.500. The fourth-order valence-corrected chi connectivity index (χ4v) is 4.45. The number of aromatic nitrogens is 2. The molecule has 1 saturated carbocycles. The summed E-state index contributed by atoms with van der Waals surface area (Å²) in [6.07, 6.45) is 5.26. The Hall–Kier alpha value is -0.810. The van der Waals surface area contributed by atoms with E-state index >= 15 is 0 Å². The molecule has 0 radical (unpaired) electrons. The third-order valence-corrected chi connectivity index (χ3v) is 5.39. The molecule has 5 heteroatoms. The molecule has 1 aliphatic rings. The van der Waals surface area contributed by atoms with E-state index in [1.165, 1.54) is 31.2 Å². The van der Waals surface area contributed by atoms with Crippen molar-refractivity contribution in [1.29, 1.82) is 0 Å². The molecule has 2 aromatic rings. The molecule has 0 saturated heterocycles. The Morgan fingerprint density at radius 3 is 2.88 bits per heavy atom. The third kappa shape index (κ3) is 2.13. The first-order valence-corrected chi connectivity index (χ1v) is 7.68. The van der Waals surface area contributed by atoms with Crippen molar-refractivity contribution in [1.82, 2.24) is 9.97 Å². The highest BCUT2D eigenvalue weighted by Crippen LogP contribution is 2.35. The maximum Gasteiger partial charge on any atom is 0.191 e. The Bertz CT molecular complexity index is 544. The molecule has 90 valence electrons. The van der Waals surface area contributed by atoms with Gasteiger partial charge in [0, 0.05) is 5.25 Å². The van der Waals surface area contributed by atoms with Crippen molar-refractivity contribution in [3.8, 4) is 0 Å². The highest BCUT2D eigenvalue weighted by Gasteiger charge is 2.18. The fourth-order valence-electron chi connectivity index (χ4n) is 2.30. The summed E-state index contributed by atoms with van der Waals surface area (Å²) < 4.78 is 0. The van der Waals surface area contributed by atoms with Gasteiger partial charge in [-0.2, -0.15) is 0 Å². The first-order chi connectivity index (χ1) is 8.24. The van der Waals surface area contributed by atoms with Crippen LogP contribution in [0.4, 0.5) is 5.82 Å². The van der Waals surface area contributed by atoms with Crippen molar-refractivity contribution in [3.63, 3.8) is 0 Å². The van der Waals surface area contributed by atoms with E-state index in [9.17, 15) is 0 Å². The van der Waals surface area contributed by atoms with Crippen LogP contribution >= 0.6 is 23.1 Å². The van der Waals surface area contributed by atoms with E-state index in [2.05, 4.69) is 22.3 Å². The highest BCUT2D eigenvalue weighted by molar-refractivity contribution is 7.99. The van der Waals surface area contributed by atoms with Crippen molar-refractivity contribution in [2.24, 2.45) is 0 Å². The molecule has 3 nitrogen and oxygen atoms in total. The largest absolute Gasteiger partial charge is 0.383 e. The minimum absolute atomic E-state index is 0.634. The number of nitrogen functional groups attached to an aromatic ring is 1. The van der Waals surface area contributed by atoms with Gasteiger partial charge in [-0.3, -0.25) is 0 Å². The lowest BCUT2D eigenvalue weighted by atomic mass is 10.2. The van der Waals surface area contributed by atoms with Crippen LogP contribution in [0.1, 0.15) is 31.2 Å². The van der Waals surface area contributed by atoms with Crippen LogP contribution in [0, 0.1) is 6.92 Å². The first-order valence-electron chi connectivity index (χ1n) is 5.92. The molecule has 0 aromatic carbocycles. The molecule has 17 heavy (non-hydrogen) atoms. The monoisotopic (exact) mass is 265 g/mol. The van der Waals surface area contributed by atoms with Gasteiger partial charge < -0.3 is 5.73 Å². The average Bonchev–Trinajstić information content (AvgIpc) is 2.89. The van der Waals surface area contributed by atoms with Crippen LogP contribution in [0.5, 0.6) is 0 Å². The number of fused-ring (bicyclic) bond motifs is 1. The smallest absolute Gasteiger partial charge is 0.191 e. The molecule has 0 unspecified atom stereocenters. The molecule has 0 aliphatic heterocycles. The second-order valence-corrected chi connectivity index (χ2v) is 6.64. The van der Waals surface area contributed by atoms with Crippen molar-refractivity contribution >= 4 is 39.1 Å². The van der Waals surface area contributed by atoms with E-state index in [0.29, 0.717) is 11.1 Å². The molecular formula is C12H15N3S2. The Kier molecular flexibility index (Phi) is 2.96. The zero-order valence-electron chi connectivity index (χ0n) is 9.77. The molecule has 0 atom stereocenters. The lowest BCUT2D eigenvalue weighted by Gasteiger charge is -2.07. The van der Waals surface area contributed by atoms with E-state index in [0.717, 1.165) is 15.4 Å². The quantitative estimate of drug-likeness (QED) is 0.843. The Morgan fingerprint density at radius 2 is 2.12 bits per heavy atom. The van der Waals surface area contributed by atoms with E-state index in [1.54, 1.807) is 23.1 Å². The molecule has 1 aliphatic carbocycles. The summed E-state index contributed by atoms with van der Waals surface area (Å²) in [7, 11) is 0. The zero-order valence-corrected chi connectivity index (χ0v) is 11.4. The minimum Gasteiger partial charge on any atom is -0.383 e. The minimum atomic E-state index is 0.634. The maximum absolute atomic E-state index is 6.02. The average molecular weight is 265 g/mol. The number of thiophene rings is 1. The predicted molar refractivity (Wildman–Crippen MR) is 74.7 cm³/mol. The Balaban J connectivity index is 1.94. The topological polar surface area (TPSA) is 51.8 Å². The number of hydrogen-bond donors (Lipinski definition) is 1. The van der Waals surface area contributed by atoms with E-state index < -0.39 is 0 Å². The molecule has 3 rings (SSSR count). The van der Waals surface area contributed by atoms with Crippen molar-refractivity contribution < 1.29 is 0 Å². The summed E-state index contributed by atoms with van der Waals surface area (Å²) in [5.41, 5.74) is 7.20. The molecule has 2 N–H and O–H groups in total. The van der Waals surface area contributed by atoms with Crippen molar-refractivity contribution in [2.75, 3.05) is 5.73 Å². The number of hydrogen-bond acceptors (Lipinski definition) is 5. The third-order valence-electron chi connectivity index (χ3n) is 3.20. The summed E-state index contributed by atoms with van der Waals surface area (Å²) >= 11 is 3.45. The van der Waals surface area contributed by atoms with E-state index in [-0.39, 0.29) is 0 Å². The van der Waals surface area contributed by atoms with Crippen LogP contribution in [0.2, 0.25) is 0 Å². The number of nitrogens with two attached hydrogens (primary N) is 1. The van der Waals surface area contributed by atoms with Gasteiger partial charge in [-0.25, -0.2) is 9.97 Å². The normalized spacial score (nSPS) is 17.0. The summed E-state index contributed by atoms with van der Waals surface area (Å²) in [6.45, 7) is 2.06. The molecule has 1 fully saturated rings. The van der Waals surface area contributed by atoms with Gasteiger partial charge in [-0.05, 0) is 30.7 Å². The summed E-state index contributed by atoms with van der Waals surface area (Å²) in [5.74, 6) is 0.634. The number of anilines is 1. The summed E-state index contributed by atoms with van der Waals surface area (Å²) in [5, 5.41) is 4.67. The molecule has 0 spiro atoms. The number of rotatable bonds is 2. The van der Waals surface area contributed by atoms with Gasteiger partial charge in [0.2, 0.25) is 0 Å². The molecule has 0 bridgehead atoms. The maximum atomic E-state index is 6.02. The van der Waals surface area contributed by atoms with E-state index in [4.69, 9.17) is 5.73 Å². The van der Waals surface area contributed by atoms with Crippen LogP contribution < -0.4 is 5.73 Å². The van der Waals surface area contributed by atoms with Crippen LogP contribution in [0.15, 0.2) is 10.5 Å². The number of aryl methyl sites for hydroxylation is 1.